The molecule has 0 unspecified atom stereocenters. The first kappa shape index (κ1) is 39.9. The molecule has 0 aliphatic carbocycles. The first-order valence-electron chi connectivity index (χ1n) is 20.8. The van der Waals surface area contributed by atoms with Crippen LogP contribution in [0.25, 0.3) is 0 Å². The van der Waals surface area contributed by atoms with E-state index >= 15 is 0 Å². The molecule has 7 rings (SSSR count). The van der Waals surface area contributed by atoms with E-state index in [0.29, 0.717) is 5.76 Å². The van der Waals surface area contributed by atoms with Crippen molar-refractivity contribution in [1.82, 2.24) is 9.80 Å². The molecule has 2 aliphatic heterocycles. The summed E-state index contributed by atoms with van der Waals surface area (Å²) in [7, 11) is -2.63. The number of amides is 1. The number of carbonyl (C=O) groups excluding carboxylic acids is 1. The fourth-order valence-electron chi connectivity index (χ4n) is 9.35. The Kier molecular flexibility index (Phi) is 12.8. The standard InChI is InChI=1S/C49H61N3O3Si/c1-40-22-24-42(25-23-40)52(47(53)46-21-14-37-54-46)43-26-32-50(33-27-43)34-28-49(29-35-51(36-30-49)39-41-15-8-5-9-16-41)31-38-55-56(48(2,3)4,44-17-10-6-11-18-44)45-19-12-7-13-20-45/h5-25,37,43H,26-36,38-39H2,1-4H3. The molecular formula is C49H61N3O3Si. The average Bonchev–Trinajstić information content (AvgIpc) is 3.77. The van der Waals surface area contributed by atoms with Crippen LogP contribution in [0.5, 0.6) is 0 Å². The molecule has 3 heterocycles. The van der Waals surface area contributed by atoms with Gasteiger partial charge in [-0.3, -0.25) is 9.69 Å². The molecule has 2 saturated heterocycles. The van der Waals surface area contributed by atoms with Crippen molar-refractivity contribution < 1.29 is 13.6 Å². The minimum absolute atomic E-state index is 0.0446. The molecule has 0 N–H and O–H groups in total. The fraction of sp³-hybridized carbons (Fsp3) is 0.408. The lowest BCUT2D eigenvalue weighted by Crippen LogP contribution is -2.66. The second-order valence-corrected chi connectivity index (χ2v) is 21.6. The van der Waals surface area contributed by atoms with Crippen LogP contribution in [0, 0.1) is 12.3 Å². The van der Waals surface area contributed by atoms with Crippen LogP contribution in [0.4, 0.5) is 5.69 Å². The van der Waals surface area contributed by atoms with Crippen molar-refractivity contribution in [1.29, 1.82) is 0 Å². The number of hydrogen-bond donors (Lipinski definition) is 0. The largest absolute Gasteiger partial charge is 0.459 e. The maximum absolute atomic E-state index is 13.8. The van der Waals surface area contributed by atoms with Gasteiger partial charge in [0, 0.05) is 38.0 Å². The molecular weight excluding hydrogens is 707 g/mol. The van der Waals surface area contributed by atoms with E-state index < -0.39 is 8.32 Å². The highest BCUT2D eigenvalue weighted by atomic mass is 28.4. The van der Waals surface area contributed by atoms with Crippen molar-refractivity contribution in [3.8, 4) is 0 Å². The summed E-state index contributed by atoms with van der Waals surface area (Å²) in [4.78, 5) is 21.1. The van der Waals surface area contributed by atoms with Crippen LogP contribution in [0.15, 0.2) is 138 Å². The molecule has 2 fully saturated rings. The lowest BCUT2D eigenvalue weighted by atomic mass is 9.73. The summed E-state index contributed by atoms with van der Waals surface area (Å²) in [6.07, 6.45) is 8.05. The number of hydrogen-bond acceptors (Lipinski definition) is 5. The Hall–Kier alpha value is -4.27. The van der Waals surface area contributed by atoms with Gasteiger partial charge < -0.3 is 18.6 Å². The molecule has 6 nitrogen and oxygen atoms in total. The summed E-state index contributed by atoms with van der Waals surface area (Å²) in [6.45, 7) is 16.2. The number of rotatable bonds is 14. The average molecular weight is 768 g/mol. The Balaban J connectivity index is 1.06. The van der Waals surface area contributed by atoms with E-state index in [0.717, 1.165) is 77.2 Å². The minimum atomic E-state index is -2.63. The van der Waals surface area contributed by atoms with Gasteiger partial charge in [-0.05, 0) is 116 Å². The number of benzene rings is 4. The Bertz CT molecular complexity index is 1890. The van der Waals surface area contributed by atoms with Crippen molar-refractivity contribution in [2.45, 2.75) is 83.8 Å². The highest BCUT2D eigenvalue weighted by Gasteiger charge is 2.50. The van der Waals surface area contributed by atoms with Crippen molar-refractivity contribution in [2.24, 2.45) is 5.41 Å². The van der Waals surface area contributed by atoms with Gasteiger partial charge in [0.2, 0.25) is 0 Å². The number of nitrogens with zero attached hydrogens (tertiary/aromatic N) is 3. The third-order valence-corrected chi connectivity index (χ3v) is 17.7. The summed E-state index contributed by atoms with van der Waals surface area (Å²) >= 11 is 0. The predicted octanol–water partition coefficient (Wildman–Crippen LogP) is 9.34. The zero-order valence-corrected chi connectivity index (χ0v) is 35.0. The number of anilines is 1. The summed E-state index contributed by atoms with van der Waals surface area (Å²) in [6, 6.07) is 45.1. The molecule has 0 atom stereocenters. The van der Waals surface area contributed by atoms with Gasteiger partial charge in [-0.2, -0.15) is 0 Å². The van der Waals surface area contributed by atoms with Crippen LogP contribution in [-0.4, -0.2) is 69.4 Å². The molecule has 294 valence electrons. The molecule has 0 saturated carbocycles. The van der Waals surface area contributed by atoms with Gasteiger partial charge >= 0.3 is 0 Å². The SMILES string of the molecule is Cc1ccc(N(C(=O)c2ccco2)C2CCN(CCC3(CCO[Si](c4ccccc4)(c4ccccc4)C(C)(C)C)CCN(Cc4ccccc4)CC3)CC2)cc1. The van der Waals surface area contributed by atoms with Gasteiger partial charge in [-0.1, -0.05) is 129 Å². The van der Waals surface area contributed by atoms with Gasteiger partial charge in [0.1, 0.15) is 0 Å². The highest BCUT2D eigenvalue weighted by Crippen LogP contribution is 2.42. The molecule has 2 aliphatic rings. The molecule has 7 heteroatoms. The number of likely N-dealkylation sites (tertiary alicyclic amines) is 2. The van der Waals surface area contributed by atoms with E-state index in [1.165, 1.54) is 34.3 Å². The van der Waals surface area contributed by atoms with E-state index in [-0.39, 0.29) is 22.4 Å². The zero-order valence-electron chi connectivity index (χ0n) is 34.0. The van der Waals surface area contributed by atoms with E-state index in [1.54, 1.807) is 18.4 Å². The van der Waals surface area contributed by atoms with E-state index in [4.69, 9.17) is 8.84 Å². The molecule has 1 amide bonds. The summed E-state index contributed by atoms with van der Waals surface area (Å²) in [5.41, 5.74) is 3.73. The predicted molar refractivity (Wildman–Crippen MR) is 232 cm³/mol. The van der Waals surface area contributed by atoms with Crippen LogP contribution in [-0.2, 0) is 11.0 Å². The smallest absolute Gasteiger partial charge is 0.294 e. The van der Waals surface area contributed by atoms with Gasteiger partial charge in [0.15, 0.2) is 5.76 Å². The Morgan fingerprint density at radius 2 is 1.34 bits per heavy atom. The van der Waals surface area contributed by atoms with Crippen molar-refractivity contribution in [3.63, 3.8) is 0 Å². The van der Waals surface area contributed by atoms with Crippen molar-refractivity contribution in [3.05, 3.63) is 151 Å². The van der Waals surface area contributed by atoms with E-state index in [2.05, 4.69) is 153 Å². The summed E-state index contributed by atoms with van der Waals surface area (Å²) in [5, 5.41) is 2.65. The van der Waals surface area contributed by atoms with Crippen molar-refractivity contribution in [2.75, 3.05) is 44.2 Å². The minimum Gasteiger partial charge on any atom is -0.459 e. The molecule has 5 aromatic rings. The second-order valence-electron chi connectivity index (χ2n) is 17.3. The Morgan fingerprint density at radius 3 is 1.89 bits per heavy atom. The van der Waals surface area contributed by atoms with Crippen LogP contribution in [0.2, 0.25) is 5.04 Å². The molecule has 56 heavy (non-hydrogen) atoms. The monoisotopic (exact) mass is 767 g/mol. The number of piperidine rings is 2. The molecule has 0 bridgehead atoms. The first-order chi connectivity index (χ1) is 27.2. The van der Waals surface area contributed by atoms with Gasteiger partial charge in [0.25, 0.3) is 14.2 Å². The quantitative estimate of drug-likeness (QED) is 0.106. The van der Waals surface area contributed by atoms with Gasteiger partial charge in [-0.15, -0.1) is 0 Å². The molecule has 1 aromatic heterocycles. The lowest BCUT2D eigenvalue weighted by Gasteiger charge is -2.46. The highest BCUT2D eigenvalue weighted by molar-refractivity contribution is 6.99. The molecule has 0 radical (unpaired) electrons. The lowest BCUT2D eigenvalue weighted by molar-refractivity contribution is 0.0535. The van der Waals surface area contributed by atoms with Gasteiger partial charge in [0.05, 0.1) is 6.26 Å². The first-order valence-corrected chi connectivity index (χ1v) is 22.7. The molecule has 0 spiro atoms. The second kappa shape index (κ2) is 17.9. The topological polar surface area (TPSA) is 49.2 Å². The maximum atomic E-state index is 13.8. The number of aryl methyl sites for hydroxylation is 1. The Morgan fingerprint density at radius 1 is 0.750 bits per heavy atom. The fourth-order valence-corrected chi connectivity index (χ4v) is 13.9. The van der Waals surface area contributed by atoms with Gasteiger partial charge in [-0.25, -0.2) is 0 Å². The Labute approximate surface area is 336 Å². The maximum Gasteiger partial charge on any atom is 0.294 e. The van der Waals surface area contributed by atoms with Crippen LogP contribution >= 0.6 is 0 Å². The van der Waals surface area contributed by atoms with Crippen molar-refractivity contribution >= 4 is 30.3 Å². The van der Waals surface area contributed by atoms with Crippen LogP contribution in [0.1, 0.15) is 81.0 Å². The summed E-state index contributed by atoms with van der Waals surface area (Å²) in [5.74, 6) is 0.341. The third-order valence-electron chi connectivity index (χ3n) is 12.7. The van der Waals surface area contributed by atoms with E-state index in [9.17, 15) is 4.79 Å². The number of furan rings is 1. The zero-order chi connectivity index (χ0) is 39.0. The molecule has 4 aromatic carbocycles. The van der Waals surface area contributed by atoms with E-state index in [1.807, 2.05) is 4.90 Å². The van der Waals surface area contributed by atoms with Crippen LogP contribution in [0.3, 0.4) is 0 Å². The third kappa shape index (κ3) is 9.13. The van der Waals surface area contributed by atoms with Crippen LogP contribution < -0.4 is 15.3 Å². The number of carbonyl (C=O) groups is 1. The summed E-state index contributed by atoms with van der Waals surface area (Å²) < 4.78 is 13.1. The normalized spacial score (nSPS) is 17.1.